The van der Waals surface area contributed by atoms with Crippen LogP contribution in [0.3, 0.4) is 0 Å². The molecule has 0 atom stereocenters. The molecule has 0 aromatic heterocycles. The monoisotopic (exact) mass is 415 g/mol. The van der Waals surface area contributed by atoms with E-state index in [1.54, 1.807) is 0 Å². The summed E-state index contributed by atoms with van der Waals surface area (Å²) in [5.41, 5.74) is 2.80. The van der Waals surface area contributed by atoms with Crippen LogP contribution in [0.15, 0.2) is 18.2 Å². The molecule has 1 saturated carbocycles. The van der Waals surface area contributed by atoms with E-state index in [0.29, 0.717) is 5.69 Å². The lowest BCUT2D eigenvalue weighted by Crippen LogP contribution is -2.42. The number of nitrogens with zero attached hydrogens (tertiary/aromatic N) is 1. The summed E-state index contributed by atoms with van der Waals surface area (Å²) in [5, 5.41) is 5.80. The van der Waals surface area contributed by atoms with E-state index in [-0.39, 0.29) is 6.04 Å². The zero-order valence-electron chi connectivity index (χ0n) is 19.3. The Labute approximate surface area is 183 Å². The van der Waals surface area contributed by atoms with Crippen molar-refractivity contribution in [2.45, 2.75) is 97.4 Å². The van der Waals surface area contributed by atoms with Crippen LogP contribution in [0.4, 0.5) is 11.4 Å². The van der Waals surface area contributed by atoms with E-state index < -0.39 is 11.8 Å². The van der Waals surface area contributed by atoms with Crippen LogP contribution in [0.1, 0.15) is 90.0 Å². The van der Waals surface area contributed by atoms with Crippen LogP contribution in [0.25, 0.3) is 0 Å². The van der Waals surface area contributed by atoms with Crippen molar-refractivity contribution in [3.05, 3.63) is 23.8 Å². The fourth-order valence-corrected chi connectivity index (χ4v) is 4.31. The average Bonchev–Trinajstić information content (AvgIpc) is 2.72. The SMILES string of the molecule is CCN(CC)c1ccc(NC(=O)C(=O)NC2CCCCCCCCCCC2)c(C)c1. The van der Waals surface area contributed by atoms with Crippen LogP contribution in [-0.2, 0) is 9.59 Å². The van der Waals surface area contributed by atoms with E-state index in [1.807, 2.05) is 19.1 Å². The fourth-order valence-electron chi connectivity index (χ4n) is 4.31. The first-order valence-corrected chi connectivity index (χ1v) is 12.0. The first-order chi connectivity index (χ1) is 14.5. The molecule has 0 bridgehead atoms. The molecule has 30 heavy (non-hydrogen) atoms. The highest BCUT2D eigenvalue weighted by atomic mass is 16.2. The topological polar surface area (TPSA) is 61.4 Å². The van der Waals surface area contributed by atoms with Crippen molar-refractivity contribution in [2.24, 2.45) is 0 Å². The van der Waals surface area contributed by atoms with E-state index in [9.17, 15) is 9.59 Å². The lowest BCUT2D eigenvalue weighted by atomic mass is 9.98. The normalized spacial score (nSPS) is 16.8. The Kier molecular flexibility index (Phi) is 10.7. The highest BCUT2D eigenvalue weighted by Gasteiger charge is 2.19. The van der Waals surface area contributed by atoms with Gasteiger partial charge in [-0.1, -0.05) is 57.8 Å². The van der Waals surface area contributed by atoms with Gasteiger partial charge in [-0.2, -0.15) is 0 Å². The molecule has 168 valence electrons. The first-order valence-electron chi connectivity index (χ1n) is 12.0. The van der Waals surface area contributed by atoms with Gasteiger partial charge in [-0.05, 0) is 57.4 Å². The molecule has 0 aliphatic heterocycles. The number of carbonyl (C=O) groups is 2. The summed E-state index contributed by atoms with van der Waals surface area (Å²) in [6.07, 6.45) is 13.2. The molecule has 2 N–H and O–H groups in total. The molecule has 1 aromatic carbocycles. The highest BCUT2D eigenvalue weighted by Crippen LogP contribution is 2.23. The van der Waals surface area contributed by atoms with E-state index in [2.05, 4.69) is 35.4 Å². The quantitative estimate of drug-likeness (QED) is 0.618. The summed E-state index contributed by atoms with van der Waals surface area (Å²) >= 11 is 0. The van der Waals surface area contributed by atoms with Crippen molar-refractivity contribution in [3.8, 4) is 0 Å². The molecule has 1 fully saturated rings. The van der Waals surface area contributed by atoms with Gasteiger partial charge in [0.25, 0.3) is 0 Å². The van der Waals surface area contributed by atoms with Gasteiger partial charge in [0.05, 0.1) is 0 Å². The number of benzene rings is 1. The third-order valence-corrected chi connectivity index (χ3v) is 6.23. The molecule has 0 unspecified atom stereocenters. The van der Waals surface area contributed by atoms with Gasteiger partial charge in [0.15, 0.2) is 0 Å². The summed E-state index contributed by atoms with van der Waals surface area (Å²) < 4.78 is 0. The van der Waals surface area contributed by atoms with Crippen LogP contribution >= 0.6 is 0 Å². The van der Waals surface area contributed by atoms with Crippen LogP contribution < -0.4 is 15.5 Å². The summed E-state index contributed by atoms with van der Waals surface area (Å²) in [6, 6.07) is 6.06. The number of hydrogen-bond donors (Lipinski definition) is 2. The number of nitrogens with one attached hydrogen (secondary N) is 2. The minimum atomic E-state index is -0.570. The standard InChI is InChI=1S/C25H41N3O2/c1-4-28(5-2)22-17-18-23(20(3)19-22)27-25(30)24(29)26-21-15-13-11-9-7-6-8-10-12-14-16-21/h17-19,21H,4-16H2,1-3H3,(H,26,29)(H,27,30). The molecule has 1 aliphatic carbocycles. The Morgan fingerprint density at radius 2 is 1.40 bits per heavy atom. The Balaban J connectivity index is 1.91. The van der Waals surface area contributed by atoms with Crippen molar-refractivity contribution in [3.63, 3.8) is 0 Å². The molecule has 1 aliphatic rings. The minimum absolute atomic E-state index is 0.105. The maximum atomic E-state index is 12.5. The first kappa shape index (κ1) is 24.2. The molecule has 5 nitrogen and oxygen atoms in total. The second-order valence-corrected chi connectivity index (χ2v) is 8.56. The van der Waals surface area contributed by atoms with Gasteiger partial charge in [0.2, 0.25) is 0 Å². The predicted octanol–water partition coefficient (Wildman–Crippen LogP) is 5.57. The number of amides is 2. The van der Waals surface area contributed by atoms with Crippen LogP contribution in [-0.4, -0.2) is 30.9 Å². The maximum Gasteiger partial charge on any atom is 0.313 e. The van der Waals surface area contributed by atoms with E-state index in [4.69, 9.17) is 0 Å². The van der Waals surface area contributed by atoms with Crippen molar-refractivity contribution in [1.29, 1.82) is 0 Å². The molecular formula is C25H41N3O2. The predicted molar refractivity (Wildman–Crippen MR) is 126 cm³/mol. The summed E-state index contributed by atoms with van der Waals surface area (Å²) in [7, 11) is 0. The minimum Gasteiger partial charge on any atom is -0.372 e. The second-order valence-electron chi connectivity index (χ2n) is 8.56. The maximum absolute atomic E-state index is 12.5. The van der Waals surface area contributed by atoms with Gasteiger partial charge < -0.3 is 15.5 Å². The zero-order chi connectivity index (χ0) is 21.8. The number of hydrogen-bond acceptors (Lipinski definition) is 3. The van der Waals surface area contributed by atoms with E-state index >= 15 is 0 Å². The zero-order valence-corrected chi connectivity index (χ0v) is 19.3. The third kappa shape index (κ3) is 8.00. The van der Waals surface area contributed by atoms with Crippen LogP contribution in [0, 0.1) is 6.92 Å². The highest BCUT2D eigenvalue weighted by molar-refractivity contribution is 6.39. The second kappa shape index (κ2) is 13.3. The molecule has 5 heteroatoms. The molecule has 1 aromatic rings. The largest absolute Gasteiger partial charge is 0.372 e. The average molecular weight is 416 g/mol. The molecule has 0 radical (unpaired) electrons. The van der Waals surface area contributed by atoms with Crippen LogP contribution in [0.2, 0.25) is 0 Å². The fraction of sp³-hybridized carbons (Fsp3) is 0.680. The molecular weight excluding hydrogens is 374 g/mol. The van der Waals surface area contributed by atoms with Crippen molar-refractivity contribution < 1.29 is 9.59 Å². The Hall–Kier alpha value is -2.04. The van der Waals surface area contributed by atoms with Crippen molar-refractivity contribution >= 4 is 23.2 Å². The molecule has 2 rings (SSSR count). The van der Waals surface area contributed by atoms with Gasteiger partial charge in [0.1, 0.15) is 0 Å². The van der Waals surface area contributed by atoms with Crippen molar-refractivity contribution in [1.82, 2.24) is 5.32 Å². The molecule has 2 amide bonds. The number of rotatable bonds is 5. The van der Waals surface area contributed by atoms with Gasteiger partial charge in [-0.25, -0.2) is 0 Å². The van der Waals surface area contributed by atoms with Gasteiger partial charge in [-0.15, -0.1) is 0 Å². The summed E-state index contributed by atoms with van der Waals surface area (Å²) in [6.45, 7) is 8.09. The Morgan fingerprint density at radius 3 is 1.90 bits per heavy atom. The Morgan fingerprint density at radius 1 is 0.867 bits per heavy atom. The molecule has 0 heterocycles. The lowest BCUT2D eigenvalue weighted by Gasteiger charge is -2.22. The summed E-state index contributed by atoms with van der Waals surface area (Å²) in [4.78, 5) is 27.3. The van der Waals surface area contributed by atoms with Crippen LogP contribution in [0.5, 0.6) is 0 Å². The number of aryl methyl sites for hydroxylation is 1. The molecule has 0 spiro atoms. The van der Waals surface area contributed by atoms with Gasteiger partial charge in [0, 0.05) is 30.5 Å². The summed E-state index contributed by atoms with van der Waals surface area (Å²) in [5.74, 6) is -1.08. The number of carbonyl (C=O) groups excluding carboxylic acids is 2. The molecule has 0 saturated heterocycles. The Bertz CT molecular complexity index is 658. The van der Waals surface area contributed by atoms with E-state index in [1.165, 1.54) is 44.9 Å². The van der Waals surface area contributed by atoms with Gasteiger partial charge in [-0.3, -0.25) is 9.59 Å². The van der Waals surface area contributed by atoms with E-state index in [0.717, 1.165) is 50.0 Å². The van der Waals surface area contributed by atoms with Gasteiger partial charge >= 0.3 is 11.8 Å². The number of anilines is 2. The lowest BCUT2D eigenvalue weighted by molar-refractivity contribution is -0.136. The smallest absolute Gasteiger partial charge is 0.313 e. The third-order valence-electron chi connectivity index (χ3n) is 6.23. The van der Waals surface area contributed by atoms with Crippen molar-refractivity contribution in [2.75, 3.05) is 23.3 Å².